The van der Waals surface area contributed by atoms with Gasteiger partial charge in [-0.05, 0) is 0 Å². The van der Waals surface area contributed by atoms with Crippen molar-refractivity contribution in [3.8, 4) is 0 Å². The van der Waals surface area contributed by atoms with Crippen molar-refractivity contribution < 1.29 is 30.0 Å². The van der Waals surface area contributed by atoms with Gasteiger partial charge in [0.05, 0.1) is 0 Å². The Morgan fingerprint density at radius 1 is 0.917 bits per heavy atom. The van der Waals surface area contributed by atoms with E-state index in [0.29, 0.717) is 0 Å². The molecule has 0 aliphatic carbocycles. The van der Waals surface area contributed by atoms with Gasteiger partial charge in [-0.15, -0.1) is 0 Å². The monoisotopic (exact) mass is 196 g/mol. The van der Waals surface area contributed by atoms with E-state index in [0.717, 1.165) is 0 Å². The van der Waals surface area contributed by atoms with Crippen molar-refractivity contribution >= 4 is 82.2 Å². The fourth-order valence-electron chi connectivity index (χ4n) is 0.270. The molecule has 0 rings (SSSR count). The average Bonchev–Trinajstić information content (AvgIpc) is 1.84. The van der Waals surface area contributed by atoms with Crippen molar-refractivity contribution in [2.45, 2.75) is 12.2 Å². The molecule has 6 nitrogen and oxygen atoms in total. The SMILES string of the molecule is O=C(O)[C@H](O)[C@@H](O)C(=O)O.[K].[Li]. The first-order valence-electron chi connectivity index (χ1n) is 2.28. The van der Waals surface area contributed by atoms with Crippen LogP contribution in [0.1, 0.15) is 0 Å². The van der Waals surface area contributed by atoms with Crippen molar-refractivity contribution in [2.75, 3.05) is 0 Å². The summed E-state index contributed by atoms with van der Waals surface area (Å²) in [5, 5.41) is 32.5. The average molecular weight is 196 g/mol. The summed E-state index contributed by atoms with van der Waals surface area (Å²) in [6.45, 7) is 0. The standard InChI is InChI=1S/C4H6O6.K.Li/c5-1(3(7)8)2(6)4(9)10;;/h1-2,5-6H,(H,7,8)(H,9,10);;/t1-,2-;;/m1../s1. The molecule has 8 heteroatoms. The van der Waals surface area contributed by atoms with Gasteiger partial charge < -0.3 is 20.4 Å². The fraction of sp³-hybridized carbons (Fsp3) is 0.500. The molecule has 0 aromatic rings. The number of carboxylic acids is 2. The predicted octanol–water partition coefficient (Wildman–Crippen LogP) is -2.88. The maximum absolute atomic E-state index is 9.77. The molecule has 0 saturated carbocycles. The Hall–Kier alpha value is 1.09. The topological polar surface area (TPSA) is 115 Å². The quantitative estimate of drug-likeness (QED) is 0.360. The van der Waals surface area contributed by atoms with Gasteiger partial charge in [0, 0.05) is 70.2 Å². The second-order valence-corrected chi connectivity index (χ2v) is 1.57. The van der Waals surface area contributed by atoms with Crippen LogP contribution in [0.15, 0.2) is 0 Å². The molecule has 0 unspecified atom stereocenters. The van der Waals surface area contributed by atoms with Gasteiger partial charge in [0.25, 0.3) is 0 Å². The number of rotatable bonds is 3. The van der Waals surface area contributed by atoms with E-state index in [1.165, 1.54) is 0 Å². The van der Waals surface area contributed by atoms with E-state index in [-0.39, 0.29) is 70.2 Å². The number of hydrogen-bond donors (Lipinski definition) is 4. The van der Waals surface area contributed by atoms with Crippen molar-refractivity contribution in [1.82, 2.24) is 0 Å². The third-order valence-electron chi connectivity index (χ3n) is 0.805. The minimum atomic E-state index is -2.27. The zero-order chi connectivity index (χ0) is 8.31. The number of hydrogen-bond acceptors (Lipinski definition) is 4. The molecule has 2 radical (unpaired) electrons. The molecule has 0 fully saturated rings. The zero-order valence-corrected chi connectivity index (χ0v) is 9.88. The van der Waals surface area contributed by atoms with Crippen LogP contribution in [0, 0.1) is 0 Å². The summed E-state index contributed by atoms with van der Waals surface area (Å²) in [6, 6.07) is 0. The van der Waals surface area contributed by atoms with Crippen molar-refractivity contribution in [3.63, 3.8) is 0 Å². The van der Waals surface area contributed by atoms with Crippen LogP contribution in [-0.2, 0) is 9.59 Å². The first kappa shape index (κ1) is 18.8. The second kappa shape index (κ2) is 8.68. The normalized spacial score (nSPS) is 13.2. The van der Waals surface area contributed by atoms with Crippen molar-refractivity contribution in [1.29, 1.82) is 0 Å². The van der Waals surface area contributed by atoms with E-state index in [1.807, 2.05) is 0 Å². The molecular weight excluding hydrogens is 190 g/mol. The minimum absolute atomic E-state index is 0. The van der Waals surface area contributed by atoms with Gasteiger partial charge in [-0.2, -0.15) is 0 Å². The Morgan fingerprint density at radius 2 is 1.08 bits per heavy atom. The predicted molar refractivity (Wildman–Crippen MR) is 38.8 cm³/mol. The van der Waals surface area contributed by atoms with E-state index >= 15 is 0 Å². The minimum Gasteiger partial charge on any atom is -0.479 e. The molecule has 0 aromatic heterocycles. The number of carbonyl (C=O) groups is 2. The van der Waals surface area contributed by atoms with Crippen LogP contribution in [0.2, 0.25) is 0 Å². The molecular formula is C4H6KLiO6. The summed E-state index contributed by atoms with van der Waals surface area (Å²) in [7, 11) is 0. The zero-order valence-electron chi connectivity index (χ0n) is 6.76. The maximum atomic E-state index is 9.77. The third-order valence-corrected chi connectivity index (χ3v) is 0.805. The molecule has 0 aliphatic rings. The van der Waals surface area contributed by atoms with Crippen LogP contribution in [0.4, 0.5) is 0 Å². The molecule has 2 atom stereocenters. The molecule has 0 heterocycles. The van der Waals surface area contributed by atoms with Gasteiger partial charge in [-0.1, -0.05) is 0 Å². The smallest absolute Gasteiger partial charge is 0.335 e. The molecule has 0 aliphatic heterocycles. The third kappa shape index (κ3) is 6.59. The summed E-state index contributed by atoms with van der Waals surface area (Å²) < 4.78 is 0. The fourth-order valence-corrected chi connectivity index (χ4v) is 0.270. The molecule has 0 aromatic carbocycles. The molecule has 12 heavy (non-hydrogen) atoms. The van der Waals surface area contributed by atoms with Crippen LogP contribution in [0.3, 0.4) is 0 Å². The van der Waals surface area contributed by atoms with Crippen molar-refractivity contribution in [2.24, 2.45) is 0 Å². The van der Waals surface area contributed by atoms with Crippen LogP contribution in [-0.4, -0.2) is 115 Å². The molecule has 0 amide bonds. The summed E-state index contributed by atoms with van der Waals surface area (Å²) >= 11 is 0. The van der Waals surface area contributed by atoms with Gasteiger partial charge in [-0.25, -0.2) is 9.59 Å². The number of aliphatic carboxylic acids is 2. The van der Waals surface area contributed by atoms with Crippen LogP contribution >= 0.6 is 0 Å². The number of aliphatic hydroxyl groups excluding tert-OH is 2. The van der Waals surface area contributed by atoms with Gasteiger partial charge in [0.1, 0.15) is 0 Å². The first-order valence-corrected chi connectivity index (χ1v) is 2.28. The Balaban J connectivity index is -0.000000405. The van der Waals surface area contributed by atoms with Crippen LogP contribution in [0.25, 0.3) is 0 Å². The Morgan fingerprint density at radius 3 is 1.17 bits per heavy atom. The van der Waals surface area contributed by atoms with Gasteiger partial charge in [-0.3, -0.25) is 0 Å². The van der Waals surface area contributed by atoms with Gasteiger partial charge in [0.15, 0.2) is 12.2 Å². The Kier molecular flexibility index (Phi) is 13.6. The molecule has 60 valence electrons. The number of aliphatic hydroxyl groups is 2. The summed E-state index contributed by atoms with van der Waals surface area (Å²) in [4.78, 5) is 19.5. The van der Waals surface area contributed by atoms with E-state index in [9.17, 15) is 9.59 Å². The Bertz CT molecular complexity index is 144. The molecule has 0 bridgehead atoms. The number of carboxylic acid groups (broad SMARTS) is 2. The first-order chi connectivity index (χ1) is 4.46. The van der Waals surface area contributed by atoms with Crippen molar-refractivity contribution in [3.05, 3.63) is 0 Å². The summed E-state index contributed by atoms with van der Waals surface area (Å²) in [5.74, 6) is -3.54. The van der Waals surface area contributed by atoms with E-state index < -0.39 is 24.1 Å². The molecule has 4 N–H and O–H groups in total. The largest absolute Gasteiger partial charge is 0.479 e. The van der Waals surface area contributed by atoms with Gasteiger partial charge in [0.2, 0.25) is 0 Å². The van der Waals surface area contributed by atoms with E-state index in [2.05, 4.69) is 0 Å². The van der Waals surface area contributed by atoms with Crippen LogP contribution in [0.5, 0.6) is 0 Å². The Labute approximate surface area is 123 Å². The van der Waals surface area contributed by atoms with Gasteiger partial charge >= 0.3 is 11.9 Å². The second-order valence-electron chi connectivity index (χ2n) is 1.57. The molecule has 0 saturated heterocycles. The summed E-state index contributed by atoms with van der Waals surface area (Å²) in [6.07, 6.45) is -4.53. The molecule has 0 spiro atoms. The maximum Gasteiger partial charge on any atom is 0.335 e. The van der Waals surface area contributed by atoms with E-state index in [1.54, 1.807) is 0 Å². The van der Waals surface area contributed by atoms with Crippen LogP contribution < -0.4 is 0 Å². The summed E-state index contributed by atoms with van der Waals surface area (Å²) in [5.41, 5.74) is 0. The van der Waals surface area contributed by atoms with E-state index in [4.69, 9.17) is 20.4 Å².